The van der Waals surface area contributed by atoms with Crippen LogP contribution in [0.25, 0.3) is 0 Å². The first-order valence-corrected chi connectivity index (χ1v) is 7.74. The largest absolute Gasteiger partial charge is 0.315 e. The van der Waals surface area contributed by atoms with Crippen molar-refractivity contribution in [2.24, 2.45) is 11.8 Å². The standard InChI is InChI=1S/C17H24N2O/c1-4-18-17(14-9-11(14)2)13-5-7-15-12(10-13)6-8-16(20)19(15)3/h5,7,10-11,14,17-18H,4,6,8-9H2,1-3H3. The van der Waals surface area contributed by atoms with Crippen LogP contribution in [-0.4, -0.2) is 19.5 Å². The molecule has 1 aliphatic carbocycles. The van der Waals surface area contributed by atoms with E-state index in [9.17, 15) is 4.79 Å². The minimum Gasteiger partial charge on any atom is -0.315 e. The van der Waals surface area contributed by atoms with Gasteiger partial charge in [-0.15, -0.1) is 0 Å². The Morgan fingerprint density at radius 1 is 1.40 bits per heavy atom. The Kier molecular flexibility index (Phi) is 3.55. The minimum absolute atomic E-state index is 0.226. The van der Waals surface area contributed by atoms with Gasteiger partial charge in [-0.1, -0.05) is 26.0 Å². The number of rotatable bonds is 4. The Morgan fingerprint density at radius 3 is 2.80 bits per heavy atom. The number of hydrogen-bond donors (Lipinski definition) is 1. The number of nitrogens with one attached hydrogen (secondary N) is 1. The fourth-order valence-corrected chi connectivity index (χ4v) is 3.42. The SMILES string of the molecule is CCNC(c1ccc2c(c1)CCC(=O)N2C)C1CC1C. The van der Waals surface area contributed by atoms with Crippen molar-refractivity contribution < 1.29 is 4.79 Å². The van der Waals surface area contributed by atoms with Crippen molar-refractivity contribution in [3.05, 3.63) is 29.3 Å². The fraction of sp³-hybridized carbons (Fsp3) is 0.588. The molecule has 1 heterocycles. The van der Waals surface area contributed by atoms with Gasteiger partial charge in [0.1, 0.15) is 0 Å². The maximum atomic E-state index is 11.8. The first-order chi connectivity index (χ1) is 9.61. The summed E-state index contributed by atoms with van der Waals surface area (Å²) in [4.78, 5) is 13.5. The third-order valence-corrected chi connectivity index (χ3v) is 4.83. The van der Waals surface area contributed by atoms with Gasteiger partial charge in [0.15, 0.2) is 0 Å². The van der Waals surface area contributed by atoms with Gasteiger partial charge in [-0.3, -0.25) is 4.79 Å². The molecular formula is C17H24N2O. The van der Waals surface area contributed by atoms with Gasteiger partial charge in [-0.05, 0) is 48.4 Å². The van der Waals surface area contributed by atoms with Gasteiger partial charge in [-0.2, -0.15) is 0 Å². The van der Waals surface area contributed by atoms with Crippen molar-refractivity contribution in [1.29, 1.82) is 0 Å². The third kappa shape index (κ3) is 2.35. The van der Waals surface area contributed by atoms with E-state index in [0.717, 1.165) is 30.5 Å². The van der Waals surface area contributed by atoms with Crippen LogP contribution in [0.15, 0.2) is 18.2 Å². The number of hydrogen-bond acceptors (Lipinski definition) is 2. The lowest BCUT2D eigenvalue weighted by atomic mass is 9.94. The zero-order valence-electron chi connectivity index (χ0n) is 12.6. The molecule has 20 heavy (non-hydrogen) atoms. The number of fused-ring (bicyclic) bond motifs is 1. The average molecular weight is 272 g/mol. The van der Waals surface area contributed by atoms with E-state index in [4.69, 9.17) is 0 Å². The van der Waals surface area contributed by atoms with Gasteiger partial charge in [-0.25, -0.2) is 0 Å². The highest BCUT2D eigenvalue weighted by Crippen LogP contribution is 2.47. The summed E-state index contributed by atoms with van der Waals surface area (Å²) in [6, 6.07) is 7.12. The number of benzene rings is 1. The number of amides is 1. The summed E-state index contributed by atoms with van der Waals surface area (Å²) in [5.74, 6) is 1.83. The maximum absolute atomic E-state index is 11.8. The second-order valence-corrected chi connectivity index (χ2v) is 6.25. The molecule has 1 amide bonds. The number of aryl methyl sites for hydroxylation is 1. The third-order valence-electron chi connectivity index (χ3n) is 4.83. The molecule has 3 unspecified atom stereocenters. The molecule has 2 aliphatic rings. The van der Waals surface area contributed by atoms with Crippen LogP contribution in [0.4, 0.5) is 5.69 Å². The van der Waals surface area contributed by atoms with Crippen LogP contribution in [0, 0.1) is 11.8 Å². The summed E-state index contributed by atoms with van der Waals surface area (Å²) in [6.45, 7) is 5.51. The molecule has 0 radical (unpaired) electrons. The average Bonchev–Trinajstić information content (AvgIpc) is 3.17. The van der Waals surface area contributed by atoms with Crippen molar-refractivity contribution in [2.45, 2.75) is 39.2 Å². The van der Waals surface area contributed by atoms with Crippen LogP contribution in [0.3, 0.4) is 0 Å². The van der Waals surface area contributed by atoms with Crippen LogP contribution < -0.4 is 10.2 Å². The lowest BCUT2D eigenvalue weighted by Gasteiger charge is -2.27. The maximum Gasteiger partial charge on any atom is 0.227 e. The van der Waals surface area contributed by atoms with E-state index < -0.39 is 0 Å². The van der Waals surface area contributed by atoms with E-state index in [1.807, 2.05) is 7.05 Å². The molecule has 3 rings (SSSR count). The van der Waals surface area contributed by atoms with Crippen LogP contribution in [-0.2, 0) is 11.2 Å². The molecule has 0 spiro atoms. The van der Waals surface area contributed by atoms with Crippen LogP contribution in [0.5, 0.6) is 0 Å². The normalized spacial score (nSPS) is 26.4. The zero-order chi connectivity index (χ0) is 14.3. The van der Waals surface area contributed by atoms with Gasteiger partial charge >= 0.3 is 0 Å². The first-order valence-electron chi connectivity index (χ1n) is 7.74. The summed E-state index contributed by atoms with van der Waals surface area (Å²) in [7, 11) is 1.88. The predicted octanol–water partition coefficient (Wildman–Crippen LogP) is 2.90. The highest BCUT2D eigenvalue weighted by Gasteiger charge is 2.40. The predicted molar refractivity (Wildman–Crippen MR) is 81.9 cm³/mol. The van der Waals surface area contributed by atoms with Gasteiger partial charge in [0.05, 0.1) is 0 Å². The van der Waals surface area contributed by atoms with Gasteiger partial charge < -0.3 is 10.2 Å². The number of carbonyl (C=O) groups excluding carboxylic acids is 1. The number of carbonyl (C=O) groups is 1. The summed E-state index contributed by atoms with van der Waals surface area (Å²) in [6.07, 6.45) is 2.84. The van der Waals surface area contributed by atoms with Gasteiger partial charge in [0, 0.05) is 25.2 Å². The second-order valence-electron chi connectivity index (χ2n) is 6.25. The van der Waals surface area contributed by atoms with Crippen molar-refractivity contribution in [1.82, 2.24) is 5.32 Å². The molecule has 1 aromatic rings. The van der Waals surface area contributed by atoms with E-state index in [1.54, 1.807) is 4.90 Å². The van der Waals surface area contributed by atoms with E-state index >= 15 is 0 Å². The van der Waals surface area contributed by atoms with E-state index in [0.29, 0.717) is 12.5 Å². The van der Waals surface area contributed by atoms with Crippen LogP contribution in [0.1, 0.15) is 43.9 Å². The van der Waals surface area contributed by atoms with Crippen LogP contribution in [0.2, 0.25) is 0 Å². The minimum atomic E-state index is 0.226. The van der Waals surface area contributed by atoms with Crippen molar-refractivity contribution in [2.75, 3.05) is 18.5 Å². The van der Waals surface area contributed by atoms with Crippen molar-refractivity contribution in [3.63, 3.8) is 0 Å². The van der Waals surface area contributed by atoms with Crippen molar-refractivity contribution >= 4 is 11.6 Å². The summed E-state index contributed by atoms with van der Waals surface area (Å²) in [5.41, 5.74) is 3.80. The van der Waals surface area contributed by atoms with Gasteiger partial charge in [0.25, 0.3) is 0 Å². The highest BCUT2D eigenvalue weighted by molar-refractivity contribution is 5.95. The Morgan fingerprint density at radius 2 is 2.15 bits per heavy atom. The molecule has 3 atom stereocenters. The molecule has 0 saturated heterocycles. The molecule has 0 bridgehead atoms. The monoisotopic (exact) mass is 272 g/mol. The number of anilines is 1. The topological polar surface area (TPSA) is 32.3 Å². The molecule has 3 heteroatoms. The molecule has 1 aromatic carbocycles. The lowest BCUT2D eigenvalue weighted by Crippen LogP contribution is -2.31. The zero-order valence-corrected chi connectivity index (χ0v) is 12.6. The molecule has 1 saturated carbocycles. The highest BCUT2D eigenvalue weighted by atomic mass is 16.2. The molecule has 0 aromatic heterocycles. The Bertz CT molecular complexity index is 526. The quantitative estimate of drug-likeness (QED) is 0.914. The molecule has 1 fully saturated rings. The Balaban J connectivity index is 1.89. The van der Waals surface area contributed by atoms with Crippen LogP contribution >= 0.6 is 0 Å². The Hall–Kier alpha value is -1.35. The lowest BCUT2D eigenvalue weighted by molar-refractivity contribution is -0.118. The molecule has 1 aliphatic heterocycles. The Labute approximate surface area is 121 Å². The summed E-state index contributed by atoms with van der Waals surface area (Å²) in [5, 5.41) is 3.64. The molecular weight excluding hydrogens is 248 g/mol. The van der Waals surface area contributed by atoms with E-state index in [-0.39, 0.29) is 5.91 Å². The van der Waals surface area contributed by atoms with E-state index in [2.05, 4.69) is 37.4 Å². The van der Waals surface area contributed by atoms with E-state index in [1.165, 1.54) is 17.5 Å². The molecule has 3 nitrogen and oxygen atoms in total. The summed E-state index contributed by atoms with van der Waals surface area (Å²) < 4.78 is 0. The summed E-state index contributed by atoms with van der Waals surface area (Å²) >= 11 is 0. The van der Waals surface area contributed by atoms with Gasteiger partial charge in [0.2, 0.25) is 5.91 Å². The fourth-order valence-electron chi connectivity index (χ4n) is 3.42. The van der Waals surface area contributed by atoms with Crippen molar-refractivity contribution in [3.8, 4) is 0 Å². The number of nitrogens with zero attached hydrogens (tertiary/aromatic N) is 1. The first kappa shape index (κ1) is 13.6. The second kappa shape index (κ2) is 5.21. The molecule has 108 valence electrons. The molecule has 1 N–H and O–H groups in total. The smallest absolute Gasteiger partial charge is 0.227 e.